The summed E-state index contributed by atoms with van der Waals surface area (Å²) in [5.74, 6) is 0.980. The van der Waals surface area contributed by atoms with E-state index in [1.807, 2.05) is 11.8 Å². The van der Waals surface area contributed by atoms with Gasteiger partial charge in [-0.3, -0.25) is 0 Å². The summed E-state index contributed by atoms with van der Waals surface area (Å²) in [6.45, 7) is 0. The van der Waals surface area contributed by atoms with Gasteiger partial charge in [0.25, 0.3) is 0 Å². The average Bonchev–Trinajstić information content (AvgIpc) is 2.93. The molecule has 0 unspecified atom stereocenters. The van der Waals surface area contributed by atoms with Gasteiger partial charge >= 0.3 is 0 Å². The summed E-state index contributed by atoms with van der Waals surface area (Å²) in [6.07, 6.45) is 0. The Balaban J connectivity index is 1.75. The lowest BCUT2D eigenvalue weighted by Crippen LogP contribution is -1.83. The van der Waals surface area contributed by atoms with Crippen LogP contribution in [-0.2, 0) is 5.75 Å². The SMILES string of the molecule is c1ccc(SCc2cccc3c2[nH]c2ccccc23)cc1. The van der Waals surface area contributed by atoms with Crippen molar-refractivity contribution in [3.05, 3.63) is 78.4 Å². The Morgan fingerprint density at radius 2 is 1.48 bits per heavy atom. The average molecular weight is 289 g/mol. The maximum atomic E-state index is 3.57. The lowest BCUT2D eigenvalue weighted by atomic mass is 10.1. The minimum absolute atomic E-state index is 0.980. The highest BCUT2D eigenvalue weighted by Crippen LogP contribution is 2.31. The van der Waals surface area contributed by atoms with Crippen LogP contribution in [0.15, 0.2) is 77.7 Å². The molecule has 4 aromatic rings. The molecule has 2 heteroatoms. The van der Waals surface area contributed by atoms with Crippen LogP contribution in [0, 0.1) is 0 Å². The number of hydrogen-bond acceptors (Lipinski definition) is 1. The fourth-order valence-electron chi connectivity index (χ4n) is 2.73. The third-order valence-electron chi connectivity index (χ3n) is 3.77. The largest absolute Gasteiger partial charge is 0.354 e. The van der Waals surface area contributed by atoms with Gasteiger partial charge in [0.05, 0.1) is 5.52 Å². The summed E-state index contributed by atoms with van der Waals surface area (Å²) in [4.78, 5) is 4.88. The molecule has 0 atom stereocenters. The summed E-state index contributed by atoms with van der Waals surface area (Å²) in [7, 11) is 0. The maximum Gasteiger partial charge on any atom is 0.0506 e. The molecule has 102 valence electrons. The van der Waals surface area contributed by atoms with Gasteiger partial charge in [-0.1, -0.05) is 54.6 Å². The molecular formula is C19H15NS. The number of aromatic nitrogens is 1. The summed E-state index contributed by atoms with van der Waals surface area (Å²) < 4.78 is 0. The topological polar surface area (TPSA) is 15.8 Å². The van der Waals surface area contributed by atoms with Crippen molar-refractivity contribution in [3.8, 4) is 0 Å². The summed E-state index contributed by atoms with van der Waals surface area (Å²) in [6, 6.07) is 25.6. The van der Waals surface area contributed by atoms with E-state index in [-0.39, 0.29) is 0 Å². The second-order valence-corrected chi connectivity index (χ2v) is 6.16. The molecule has 21 heavy (non-hydrogen) atoms. The fraction of sp³-hybridized carbons (Fsp3) is 0.0526. The van der Waals surface area contributed by atoms with Crippen molar-refractivity contribution in [3.63, 3.8) is 0 Å². The zero-order valence-electron chi connectivity index (χ0n) is 11.5. The third-order valence-corrected chi connectivity index (χ3v) is 4.83. The zero-order chi connectivity index (χ0) is 14.1. The third kappa shape index (κ3) is 2.32. The Morgan fingerprint density at radius 3 is 2.38 bits per heavy atom. The predicted octanol–water partition coefficient (Wildman–Crippen LogP) is 5.61. The fourth-order valence-corrected chi connectivity index (χ4v) is 3.64. The molecule has 0 saturated carbocycles. The summed E-state index contributed by atoms with van der Waals surface area (Å²) >= 11 is 1.88. The Bertz CT molecular complexity index is 893. The van der Waals surface area contributed by atoms with Crippen LogP contribution in [0.2, 0.25) is 0 Å². The Labute approximate surface area is 128 Å². The Morgan fingerprint density at radius 1 is 0.714 bits per heavy atom. The molecule has 0 aliphatic carbocycles. The van der Waals surface area contributed by atoms with Crippen LogP contribution in [0.5, 0.6) is 0 Å². The first-order valence-electron chi connectivity index (χ1n) is 7.08. The molecule has 1 heterocycles. The molecule has 1 aromatic heterocycles. The van der Waals surface area contributed by atoms with E-state index in [2.05, 4.69) is 77.8 Å². The number of nitrogens with one attached hydrogen (secondary N) is 1. The molecule has 0 fully saturated rings. The molecule has 0 radical (unpaired) electrons. The number of thioether (sulfide) groups is 1. The van der Waals surface area contributed by atoms with Gasteiger partial charge in [-0.05, 0) is 23.8 Å². The number of fused-ring (bicyclic) bond motifs is 3. The minimum Gasteiger partial charge on any atom is -0.354 e. The number of para-hydroxylation sites is 2. The van der Waals surface area contributed by atoms with E-state index >= 15 is 0 Å². The van der Waals surface area contributed by atoms with Crippen LogP contribution in [0.25, 0.3) is 21.8 Å². The molecule has 3 aromatic carbocycles. The van der Waals surface area contributed by atoms with Crippen molar-refractivity contribution in [2.24, 2.45) is 0 Å². The van der Waals surface area contributed by atoms with Gasteiger partial charge in [0, 0.05) is 26.9 Å². The van der Waals surface area contributed by atoms with E-state index in [1.54, 1.807) is 0 Å². The van der Waals surface area contributed by atoms with Crippen molar-refractivity contribution in [1.82, 2.24) is 4.98 Å². The highest BCUT2D eigenvalue weighted by molar-refractivity contribution is 7.98. The van der Waals surface area contributed by atoms with Crippen molar-refractivity contribution in [2.45, 2.75) is 10.6 Å². The molecule has 1 nitrogen and oxygen atoms in total. The lowest BCUT2D eigenvalue weighted by molar-refractivity contribution is 1.38. The van der Waals surface area contributed by atoms with Crippen LogP contribution < -0.4 is 0 Å². The predicted molar refractivity (Wildman–Crippen MR) is 91.8 cm³/mol. The van der Waals surface area contributed by atoms with Gasteiger partial charge in [0.15, 0.2) is 0 Å². The van der Waals surface area contributed by atoms with Gasteiger partial charge in [-0.25, -0.2) is 0 Å². The Hall–Kier alpha value is -2.19. The molecular weight excluding hydrogens is 274 g/mol. The van der Waals surface area contributed by atoms with Crippen LogP contribution in [0.4, 0.5) is 0 Å². The first kappa shape index (κ1) is 12.5. The maximum absolute atomic E-state index is 3.57. The molecule has 0 saturated heterocycles. The van der Waals surface area contributed by atoms with Gasteiger partial charge in [0.1, 0.15) is 0 Å². The Kier molecular flexibility index (Phi) is 3.17. The molecule has 0 amide bonds. The first-order chi connectivity index (χ1) is 10.4. The van der Waals surface area contributed by atoms with Crippen LogP contribution in [-0.4, -0.2) is 4.98 Å². The first-order valence-corrected chi connectivity index (χ1v) is 8.06. The van der Waals surface area contributed by atoms with Crippen LogP contribution in [0.1, 0.15) is 5.56 Å². The minimum atomic E-state index is 0.980. The van der Waals surface area contributed by atoms with E-state index in [0.717, 1.165) is 5.75 Å². The summed E-state index contributed by atoms with van der Waals surface area (Å²) in [5, 5.41) is 2.62. The van der Waals surface area contributed by atoms with Crippen molar-refractivity contribution in [2.75, 3.05) is 0 Å². The molecule has 0 bridgehead atoms. The van der Waals surface area contributed by atoms with Gasteiger partial charge in [-0.15, -0.1) is 11.8 Å². The quantitative estimate of drug-likeness (QED) is 0.484. The van der Waals surface area contributed by atoms with E-state index in [4.69, 9.17) is 0 Å². The molecule has 0 aliphatic rings. The van der Waals surface area contributed by atoms with E-state index in [0.29, 0.717) is 0 Å². The summed E-state index contributed by atoms with van der Waals surface area (Å²) in [5.41, 5.74) is 3.84. The normalized spacial score (nSPS) is 11.2. The van der Waals surface area contributed by atoms with E-state index in [9.17, 15) is 0 Å². The molecule has 0 spiro atoms. The lowest BCUT2D eigenvalue weighted by Gasteiger charge is -2.03. The van der Waals surface area contributed by atoms with Crippen LogP contribution in [0.3, 0.4) is 0 Å². The van der Waals surface area contributed by atoms with Gasteiger partial charge < -0.3 is 4.98 Å². The van der Waals surface area contributed by atoms with Crippen molar-refractivity contribution >= 4 is 33.6 Å². The number of benzene rings is 3. The van der Waals surface area contributed by atoms with Gasteiger partial charge in [0.2, 0.25) is 0 Å². The number of rotatable bonds is 3. The second-order valence-electron chi connectivity index (χ2n) is 5.11. The van der Waals surface area contributed by atoms with Gasteiger partial charge in [-0.2, -0.15) is 0 Å². The molecule has 0 aliphatic heterocycles. The smallest absolute Gasteiger partial charge is 0.0506 e. The van der Waals surface area contributed by atoms with E-state index < -0.39 is 0 Å². The standard InChI is InChI=1S/C19H15NS/c1-2-8-15(9-3-1)21-13-14-7-6-11-17-16-10-4-5-12-18(16)20-19(14)17/h1-12,20H,13H2. The number of aromatic amines is 1. The van der Waals surface area contributed by atoms with Crippen molar-refractivity contribution < 1.29 is 0 Å². The molecule has 1 N–H and O–H groups in total. The highest BCUT2D eigenvalue weighted by Gasteiger charge is 2.07. The van der Waals surface area contributed by atoms with E-state index in [1.165, 1.54) is 32.3 Å². The zero-order valence-corrected chi connectivity index (χ0v) is 12.4. The molecule has 4 rings (SSSR count). The highest BCUT2D eigenvalue weighted by atomic mass is 32.2. The number of H-pyrrole nitrogens is 1. The number of hydrogen-bond donors (Lipinski definition) is 1. The monoisotopic (exact) mass is 289 g/mol. The van der Waals surface area contributed by atoms with Crippen LogP contribution >= 0.6 is 11.8 Å². The second kappa shape index (κ2) is 5.30. The van der Waals surface area contributed by atoms with Crippen molar-refractivity contribution in [1.29, 1.82) is 0 Å².